The summed E-state index contributed by atoms with van der Waals surface area (Å²) in [4.78, 5) is 15.8. The highest BCUT2D eigenvalue weighted by atomic mass is 127. The van der Waals surface area contributed by atoms with Gasteiger partial charge in [0.05, 0.1) is 0 Å². The molecule has 0 aliphatic heterocycles. The number of halogens is 2. The molecule has 0 fully saturated rings. The Balaban J connectivity index is 2.14. The van der Waals surface area contributed by atoms with Crippen molar-refractivity contribution in [3.05, 3.63) is 56.8 Å². The van der Waals surface area contributed by atoms with Gasteiger partial charge in [-0.05, 0) is 59.0 Å². The number of hydrogen-bond donors (Lipinski definition) is 1. The average Bonchev–Trinajstić information content (AvgIpc) is 2.29. The molecule has 0 saturated heterocycles. The summed E-state index contributed by atoms with van der Waals surface area (Å²) >= 11 is 7.92. The molecule has 1 heterocycles. The van der Waals surface area contributed by atoms with E-state index in [1.165, 1.54) is 0 Å². The number of hydrogen-bond acceptors (Lipinski definition) is 2. The van der Waals surface area contributed by atoms with Gasteiger partial charge in [-0.2, -0.15) is 0 Å². The largest absolute Gasteiger partial charge is 0.307 e. The van der Waals surface area contributed by atoms with Gasteiger partial charge in [0.1, 0.15) is 11.0 Å². The first-order valence-corrected chi connectivity index (χ1v) is 6.30. The molecule has 1 N–H and O–H groups in total. The number of nitrogens with zero attached hydrogens (tertiary/aromatic N) is 1. The molecule has 86 valence electrons. The molecule has 1 aromatic carbocycles. The number of nitrogens with one attached hydrogen (secondary N) is 1. The van der Waals surface area contributed by atoms with Crippen molar-refractivity contribution in [2.75, 3.05) is 5.32 Å². The van der Waals surface area contributed by atoms with Crippen molar-refractivity contribution in [2.24, 2.45) is 0 Å². The molecule has 0 aliphatic carbocycles. The summed E-state index contributed by atoms with van der Waals surface area (Å²) in [6, 6.07) is 12.4. The van der Waals surface area contributed by atoms with E-state index in [1.807, 2.05) is 12.1 Å². The number of rotatable bonds is 2. The summed E-state index contributed by atoms with van der Waals surface area (Å²) in [5, 5.41) is 3.03. The number of carbonyl (C=O) groups excluding carboxylic acids is 1. The van der Waals surface area contributed by atoms with Gasteiger partial charge in [-0.25, -0.2) is 4.98 Å². The first-order chi connectivity index (χ1) is 8.15. The SMILES string of the molecule is O=C(Nc1cccc(Cl)n1)c1ccc(I)cc1. The van der Waals surface area contributed by atoms with Crippen LogP contribution in [0.2, 0.25) is 5.15 Å². The number of pyridine rings is 1. The van der Waals surface area contributed by atoms with Crippen molar-refractivity contribution in [3.8, 4) is 0 Å². The van der Waals surface area contributed by atoms with Crippen molar-refractivity contribution in [1.82, 2.24) is 4.98 Å². The molecule has 2 aromatic rings. The van der Waals surface area contributed by atoms with Crippen LogP contribution in [0.25, 0.3) is 0 Å². The van der Waals surface area contributed by atoms with Crippen molar-refractivity contribution >= 4 is 45.9 Å². The van der Waals surface area contributed by atoms with Crippen LogP contribution in [-0.4, -0.2) is 10.9 Å². The van der Waals surface area contributed by atoms with E-state index in [0.717, 1.165) is 3.57 Å². The highest BCUT2D eigenvalue weighted by Crippen LogP contribution is 2.12. The predicted octanol–water partition coefficient (Wildman–Crippen LogP) is 3.59. The molecule has 2 rings (SSSR count). The van der Waals surface area contributed by atoms with Gasteiger partial charge in [0.15, 0.2) is 0 Å². The maximum atomic E-state index is 11.8. The summed E-state index contributed by atoms with van der Waals surface area (Å²) in [6.45, 7) is 0. The summed E-state index contributed by atoms with van der Waals surface area (Å²) < 4.78 is 1.08. The van der Waals surface area contributed by atoms with Crippen LogP contribution < -0.4 is 5.32 Å². The van der Waals surface area contributed by atoms with Gasteiger partial charge in [-0.15, -0.1) is 0 Å². The van der Waals surface area contributed by atoms with Crippen molar-refractivity contribution in [2.45, 2.75) is 0 Å². The van der Waals surface area contributed by atoms with Gasteiger partial charge in [-0.1, -0.05) is 17.7 Å². The Morgan fingerprint density at radius 1 is 1.18 bits per heavy atom. The summed E-state index contributed by atoms with van der Waals surface area (Å²) in [5.41, 5.74) is 0.590. The highest BCUT2D eigenvalue weighted by Gasteiger charge is 2.06. The molecule has 0 atom stereocenters. The number of aromatic nitrogens is 1. The Morgan fingerprint density at radius 3 is 2.53 bits per heavy atom. The molecular formula is C12H8ClIN2O. The molecule has 3 nitrogen and oxygen atoms in total. The second-order valence-electron chi connectivity index (χ2n) is 3.31. The van der Waals surface area contributed by atoms with E-state index >= 15 is 0 Å². The molecule has 0 bridgehead atoms. The Morgan fingerprint density at radius 2 is 1.88 bits per heavy atom. The first-order valence-electron chi connectivity index (χ1n) is 4.84. The maximum Gasteiger partial charge on any atom is 0.256 e. The minimum absolute atomic E-state index is 0.198. The van der Waals surface area contributed by atoms with Crippen LogP contribution >= 0.6 is 34.2 Å². The van der Waals surface area contributed by atoms with E-state index in [0.29, 0.717) is 16.5 Å². The van der Waals surface area contributed by atoms with Gasteiger partial charge >= 0.3 is 0 Å². The first kappa shape index (κ1) is 12.3. The van der Waals surface area contributed by atoms with Crippen LogP contribution in [0.1, 0.15) is 10.4 Å². The Bertz CT molecular complexity index is 542. The Kier molecular flexibility index (Phi) is 3.96. The van der Waals surface area contributed by atoms with E-state index < -0.39 is 0 Å². The predicted molar refractivity (Wildman–Crippen MR) is 76.4 cm³/mol. The van der Waals surface area contributed by atoms with Crippen LogP contribution in [-0.2, 0) is 0 Å². The van der Waals surface area contributed by atoms with Crippen molar-refractivity contribution < 1.29 is 4.79 Å². The van der Waals surface area contributed by atoms with E-state index in [1.54, 1.807) is 30.3 Å². The Labute approximate surface area is 117 Å². The van der Waals surface area contributed by atoms with Crippen LogP contribution in [0.3, 0.4) is 0 Å². The third-order valence-electron chi connectivity index (χ3n) is 2.06. The molecule has 5 heteroatoms. The van der Waals surface area contributed by atoms with Crippen LogP contribution in [0.15, 0.2) is 42.5 Å². The molecular weight excluding hydrogens is 351 g/mol. The van der Waals surface area contributed by atoms with Gasteiger partial charge in [-0.3, -0.25) is 4.79 Å². The van der Waals surface area contributed by atoms with Gasteiger partial charge < -0.3 is 5.32 Å². The molecule has 0 unspecified atom stereocenters. The number of amides is 1. The number of anilines is 1. The molecule has 0 aliphatic rings. The fourth-order valence-electron chi connectivity index (χ4n) is 1.27. The summed E-state index contributed by atoms with van der Waals surface area (Å²) in [6.07, 6.45) is 0. The van der Waals surface area contributed by atoms with Crippen molar-refractivity contribution in [1.29, 1.82) is 0 Å². The summed E-state index contributed by atoms with van der Waals surface area (Å²) in [7, 11) is 0. The summed E-state index contributed by atoms with van der Waals surface area (Å²) in [5.74, 6) is 0.247. The third kappa shape index (κ3) is 3.41. The van der Waals surface area contributed by atoms with E-state index in [-0.39, 0.29) is 5.91 Å². The van der Waals surface area contributed by atoms with Gasteiger partial charge in [0, 0.05) is 9.13 Å². The Hall–Kier alpha value is -1.14. The van der Waals surface area contributed by atoms with Gasteiger partial charge in [0.2, 0.25) is 0 Å². The topological polar surface area (TPSA) is 42.0 Å². The lowest BCUT2D eigenvalue weighted by Crippen LogP contribution is -2.12. The molecule has 1 amide bonds. The lowest BCUT2D eigenvalue weighted by molar-refractivity contribution is 0.102. The minimum Gasteiger partial charge on any atom is -0.307 e. The van der Waals surface area contributed by atoms with Crippen LogP contribution in [0.4, 0.5) is 5.82 Å². The van der Waals surface area contributed by atoms with Crippen molar-refractivity contribution in [3.63, 3.8) is 0 Å². The molecule has 17 heavy (non-hydrogen) atoms. The zero-order valence-corrected chi connectivity index (χ0v) is 11.6. The van der Waals surface area contributed by atoms with Gasteiger partial charge in [0.25, 0.3) is 5.91 Å². The second kappa shape index (κ2) is 5.46. The number of benzene rings is 1. The molecule has 0 saturated carbocycles. The van der Waals surface area contributed by atoms with E-state index in [2.05, 4.69) is 32.9 Å². The van der Waals surface area contributed by atoms with E-state index in [4.69, 9.17) is 11.6 Å². The quantitative estimate of drug-likeness (QED) is 0.658. The zero-order valence-electron chi connectivity index (χ0n) is 8.65. The molecule has 0 spiro atoms. The molecule has 0 radical (unpaired) electrons. The smallest absolute Gasteiger partial charge is 0.256 e. The maximum absolute atomic E-state index is 11.8. The van der Waals surface area contributed by atoms with E-state index in [9.17, 15) is 4.79 Å². The van der Waals surface area contributed by atoms with Crippen LogP contribution in [0.5, 0.6) is 0 Å². The second-order valence-corrected chi connectivity index (χ2v) is 4.94. The average molecular weight is 359 g/mol. The van der Waals surface area contributed by atoms with Crippen LogP contribution in [0, 0.1) is 3.57 Å². The minimum atomic E-state index is -0.198. The lowest BCUT2D eigenvalue weighted by atomic mass is 10.2. The lowest BCUT2D eigenvalue weighted by Gasteiger charge is -2.04. The zero-order chi connectivity index (χ0) is 12.3. The fourth-order valence-corrected chi connectivity index (χ4v) is 1.79. The third-order valence-corrected chi connectivity index (χ3v) is 2.99. The standard InChI is InChI=1S/C12H8ClIN2O/c13-10-2-1-3-11(15-10)16-12(17)8-4-6-9(14)7-5-8/h1-7H,(H,15,16,17). The monoisotopic (exact) mass is 358 g/mol. The fraction of sp³-hybridized carbons (Fsp3) is 0. The number of carbonyl (C=O) groups is 1. The normalized spacial score (nSPS) is 10.0. The highest BCUT2D eigenvalue weighted by molar-refractivity contribution is 14.1. The molecule has 1 aromatic heterocycles.